The fourth-order valence-electron chi connectivity index (χ4n) is 4.00. The van der Waals surface area contributed by atoms with E-state index in [0.717, 1.165) is 32.4 Å². The van der Waals surface area contributed by atoms with Gasteiger partial charge in [-0.1, -0.05) is 6.42 Å². The van der Waals surface area contributed by atoms with Gasteiger partial charge in [-0.2, -0.15) is 13.1 Å². The van der Waals surface area contributed by atoms with E-state index < -0.39 is 22.4 Å². The van der Waals surface area contributed by atoms with Crippen LogP contribution in [0.1, 0.15) is 42.5 Å². The molecular weight excluding hydrogens is 400 g/mol. The SMILES string of the molecule is COC(=O)c1ccc(OS(=O)(=O)NC(=O)OC[C@@H]2CCCN3CCCC[C@@H]23)cc1. The average Bonchev–Trinajstić information content (AvgIpc) is 2.71. The zero-order valence-corrected chi connectivity index (χ0v) is 17.2. The van der Waals surface area contributed by atoms with Crippen molar-refractivity contribution in [2.45, 2.75) is 38.1 Å². The summed E-state index contributed by atoms with van der Waals surface area (Å²) in [5.41, 5.74) is 0.244. The Morgan fingerprint density at radius 1 is 1.10 bits per heavy atom. The minimum absolute atomic E-state index is 0.0527. The molecular formula is C19H26N2O7S. The van der Waals surface area contributed by atoms with Crippen molar-refractivity contribution in [3.63, 3.8) is 0 Å². The topological polar surface area (TPSA) is 111 Å². The molecule has 0 unspecified atom stereocenters. The molecule has 160 valence electrons. The molecule has 2 aliphatic rings. The Bertz CT molecular complexity index is 823. The molecule has 0 spiro atoms. The van der Waals surface area contributed by atoms with Crippen LogP contribution in [0, 0.1) is 5.92 Å². The molecule has 29 heavy (non-hydrogen) atoms. The van der Waals surface area contributed by atoms with E-state index in [0.29, 0.717) is 6.04 Å². The molecule has 0 aromatic heterocycles. The number of nitrogens with zero attached hydrogens (tertiary/aromatic N) is 1. The van der Waals surface area contributed by atoms with Crippen LogP contribution in [0.5, 0.6) is 5.75 Å². The Balaban J connectivity index is 1.49. The van der Waals surface area contributed by atoms with E-state index in [1.807, 2.05) is 0 Å². The van der Waals surface area contributed by atoms with Gasteiger partial charge in [-0.15, -0.1) is 0 Å². The van der Waals surface area contributed by atoms with Gasteiger partial charge in [-0.05, 0) is 63.0 Å². The van der Waals surface area contributed by atoms with E-state index in [9.17, 15) is 18.0 Å². The molecule has 2 fully saturated rings. The molecule has 0 saturated carbocycles. The third-order valence-electron chi connectivity index (χ3n) is 5.35. The standard InChI is InChI=1S/C19H26N2O7S/c1-26-18(22)14-7-9-16(10-8-14)28-29(24,25)20-19(23)27-13-15-5-4-12-21-11-3-2-6-17(15)21/h7-10,15,17H,2-6,11-13H2,1H3,(H,20,23)/t15-,17-/m0/s1. The highest BCUT2D eigenvalue weighted by Crippen LogP contribution is 2.31. The Hall–Kier alpha value is -2.33. The highest BCUT2D eigenvalue weighted by Gasteiger charge is 2.33. The maximum atomic E-state index is 12.0. The van der Waals surface area contributed by atoms with Gasteiger partial charge in [-0.3, -0.25) is 4.90 Å². The summed E-state index contributed by atoms with van der Waals surface area (Å²) in [5.74, 6) is -0.396. The molecule has 0 aliphatic carbocycles. The maximum absolute atomic E-state index is 12.0. The van der Waals surface area contributed by atoms with Crippen LogP contribution in [0.2, 0.25) is 0 Å². The lowest BCUT2D eigenvalue weighted by atomic mass is 9.84. The van der Waals surface area contributed by atoms with Crippen molar-refractivity contribution in [1.29, 1.82) is 0 Å². The molecule has 0 radical (unpaired) electrons. The molecule has 2 saturated heterocycles. The number of methoxy groups -OCH3 is 1. The summed E-state index contributed by atoms with van der Waals surface area (Å²) in [4.78, 5) is 25.8. The quantitative estimate of drug-likeness (QED) is 0.689. The van der Waals surface area contributed by atoms with Crippen molar-refractivity contribution in [3.8, 4) is 5.75 Å². The lowest BCUT2D eigenvalue weighted by Crippen LogP contribution is -2.49. The van der Waals surface area contributed by atoms with Crippen LogP contribution in [0.25, 0.3) is 0 Å². The van der Waals surface area contributed by atoms with Crippen LogP contribution in [0.15, 0.2) is 24.3 Å². The first kappa shape index (κ1) is 21.4. The summed E-state index contributed by atoms with van der Waals surface area (Å²) in [5, 5.41) is 0. The van der Waals surface area contributed by atoms with Gasteiger partial charge < -0.3 is 13.7 Å². The minimum Gasteiger partial charge on any atom is -0.465 e. The van der Waals surface area contributed by atoms with Gasteiger partial charge >= 0.3 is 22.4 Å². The van der Waals surface area contributed by atoms with E-state index in [2.05, 4.69) is 9.64 Å². The number of piperidine rings is 2. The van der Waals surface area contributed by atoms with Crippen molar-refractivity contribution in [2.24, 2.45) is 5.92 Å². The van der Waals surface area contributed by atoms with Crippen LogP contribution >= 0.6 is 0 Å². The third-order valence-corrected chi connectivity index (χ3v) is 6.18. The summed E-state index contributed by atoms with van der Waals surface area (Å²) in [6, 6.07) is 5.68. The van der Waals surface area contributed by atoms with Gasteiger partial charge in [0, 0.05) is 12.0 Å². The zero-order chi connectivity index (χ0) is 20.9. The lowest BCUT2D eigenvalue weighted by Gasteiger charge is -2.44. The summed E-state index contributed by atoms with van der Waals surface area (Å²) in [6.45, 7) is 2.32. The first-order valence-corrected chi connectivity index (χ1v) is 11.1. The van der Waals surface area contributed by atoms with E-state index in [-0.39, 0.29) is 23.8 Å². The average molecular weight is 426 g/mol. The summed E-state index contributed by atoms with van der Waals surface area (Å²) in [6.07, 6.45) is 4.39. The summed E-state index contributed by atoms with van der Waals surface area (Å²) < 4.78 is 40.4. The number of ether oxygens (including phenoxy) is 2. The number of hydrogen-bond donors (Lipinski definition) is 1. The Morgan fingerprint density at radius 3 is 2.55 bits per heavy atom. The van der Waals surface area contributed by atoms with Gasteiger partial charge in [0.1, 0.15) is 5.75 Å². The molecule has 1 amide bonds. The van der Waals surface area contributed by atoms with Gasteiger partial charge in [0.15, 0.2) is 0 Å². The molecule has 9 nitrogen and oxygen atoms in total. The van der Waals surface area contributed by atoms with Crippen LogP contribution in [-0.2, 0) is 19.8 Å². The first-order valence-electron chi connectivity index (χ1n) is 9.69. The fourth-order valence-corrected chi connectivity index (χ4v) is 4.67. The minimum atomic E-state index is -4.40. The van der Waals surface area contributed by atoms with Crippen molar-refractivity contribution in [1.82, 2.24) is 9.62 Å². The maximum Gasteiger partial charge on any atom is 0.423 e. The largest absolute Gasteiger partial charge is 0.465 e. The van der Waals surface area contributed by atoms with Crippen molar-refractivity contribution in [3.05, 3.63) is 29.8 Å². The third kappa shape index (κ3) is 5.83. The number of fused-ring (bicyclic) bond motifs is 1. The Kier molecular flexibility index (Phi) is 6.96. The molecule has 2 atom stereocenters. The summed E-state index contributed by atoms with van der Waals surface area (Å²) >= 11 is 0. The van der Waals surface area contributed by atoms with E-state index in [4.69, 9.17) is 8.92 Å². The second-order valence-electron chi connectivity index (χ2n) is 7.26. The molecule has 3 rings (SSSR count). The van der Waals surface area contributed by atoms with Crippen molar-refractivity contribution < 1.29 is 31.7 Å². The van der Waals surface area contributed by atoms with Crippen LogP contribution in [0.3, 0.4) is 0 Å². The van der Waals surface area contributed by atoms with Crippen molar-refractivity contribution in [2.75, 3.05) is 26.8 Å². The predicted octanol–water partition coefficient (Wildman–Crippen LogP) is 2.09. The Labute approximate surface area is 170 Å². The lowest BCUT2D eigenvalue weighted by molar-refractivity contribution is 0.0244. The van der Waals surface area contributed by atoms with Crippen LogP contribution in [0.4, 0.5) is 4.79 Å². The number of carbonyl (C=O) groups is 2. The van der Waals surface area contributed by atoms with Crippen molar-refractivity contribution >= 4 is 22.4 Å². The zero-order valence-electron chi connectivity index (χ0n) is 16.3. The predicted molar refractivity (Wildman–Crippen MR) is 104 cm³/mol. The smallest absolute Gasteiger partial charge is 0.423 e. The number of nitrogens with one attached hydrogen (secondary N) is 1. The van der Waals surface area contributed by atoms with Gasteiger partial charge in [-0.25, -0.2) is 9.59 Å². The molecule has 1 aromatic rings. The number of esters is 1. The highest BCUT2D eigenvalue weighted by molar-refractivity contribution is 7.85. The van der Waals surface area contributed by atoms with E-state index >= 15 is 0 Å². The number of amides is 1. The van der Waals surface area contributed by atoms with Crippen LogP contribution < -0.4 is 8.91 Å². The molecule has 10 heteroatoms. The van der Waals surface area contributed by atoms with E-state index in [1.165, 1.54) is 44.2 Å². The van der Waals surface area contributed by atoms with Gasteiger partial charge in [0.25, 0.3) is 0 Å². The normalized spacial score (nSPS) is 22.2. The van der Waals surface area contributed by atoms with E-state index in [1.54, 1.807) is 4.72 Å². The fraction of sp³-hybridized carbons (Fsp3) is 0.579. The second kappa shape index (κ2) is 9.45. The number of benzene rings is 1. The number of hydrogen-bond acceptors (Lipinski definition) is 8. The monoisotopic (exact) mass is 426 g/mol. The number of carbonyl (C=O) groups excluding carboxylic acids is 2. The van der Waals surface area contributed by atoms with Gasteiger partial charge in [0.05, 0.1) is 19.3 Å². The molecule has 1 aromatic carbocycles. The Morgan fingerprint density at radius 2 is 1.83 bits per heavy atom. The molecule has 2 aliphatic heterocycles. The number of rotatable bonds is 6. The van der Waals surface area contributed by atoms with Gasteiger partial charge in [0.2, 0.25) is 0 Å². The highest BCUT2D eigenvalue weighted by atomic mass is 32.2. The molecule has 0 bridgehead atoms. The summed E-state index contributed by atoms with van der Waals surface area (Å²) in [7, 11) is -3.16. The second-order valence-corrected chi connectivity index (χ2v) is 8.53. The molecule has 1 N–H and O–H groups in total. The first-order chi connectivity index (χ1) is 13.9. The molecule has 2 heterocycles. The van der Waals surface area contributed by atoms with Crippen LogP contribution in [-0.4, -0.2) is 58.2 Å².